The predicted molar refractivity (Wildman–Crippen MR) is 250 cm³/mol. The maximum Gasteiger partial charge on any atom is 0.253 e. The second kappa shape index (κ2) is 9.84. The molecule has 0 N–H and O–H groups in total. The number of rotatable bonds is 1. The number of hydrogen-bond donors (Lipinski definition) is 0. The highest BCUT2D eigenvalue weighted by atomic mass is 28.3. The van der Waals surface area contributed by atoms with Crippen molar-refractivity contribution in [2.24, 2.45) is 0 Å². The molecule has 3 aromatic heterocycles. The van der Waals surface area contributed by atoms with Crippen LogP contribution in [0.3, 0.4) is 0 Å². The maximum absolute atomic E-state index is 2.80. The van der Waals surface area contributed by atoms with Crippen molar-refractivity contribution < 1.29 is 0 Å². The van der Waals surface area contributed by atoms with Gasteiger partial charge in [-0.25, -0.2) is 0 Å². The van der Waals surface area contributed by atoms with Crippen LogP contribution in [0.4, 0.5) is 0 Å². The van der Waals surface area contributed by atoms with Crippen molar-refractivity contribution in [3.63, 3.8) is 0 Å². The standard InChI is InChI=1S/C54H30BN3Si/c1-2-14-31(15-3-1)56-41-24-9-5-19-37(41)48-43(56)30-38-32-16-4-8-23-40(32)57-42-28-29-47-54-49(42)55(50(48)53(38)57)39-22-12-20-35-36-21-13-27-46(52(36)58(54)51(35)39)59(47)44-25-10-6-17-33(44)34-18-7-11-26-45(34)59/h1-30H. The van der Waals surface area contributed by atoms with E-state index in [0.717, 1.165) is 0 Å². The molecular weight excluding hydrogens is 730 g/mol. The van der Waals surface area contributed by atoms with Crippen molar-refractivity contribution in [1.82, 2.24) is 13.7 Å². The van der Waals surface area contributed by atoms with E-state index in [1.165, 1.54) is 131 Å². The van der Waals surface area contributed by atoms with Gasteiger partial charge in [0.2, 0.25) is 0 Å². The topological polar surface area (TPSA) is 14.8 Å². The van der Waals surface area contributed by atoms with E-state index in [1.807, 2.05) is 0 Å². The average molecular weight is 760 g/mol. The van der Waals surface area contributed by atoms with E-state index in [-0.39, 0.29) is 6.71 Å². The quantitative estimate of drug-likeness (QED) is 0.152. The lowest BCUT2D eigenvalue weighted by Gasteiger charge is -2.42. The molecule has 1 spiro atoms. The Morgan fingerprint density at radius 1 is 0.373 bits per heavy atom. The van der Waals surface area contributed by atoms with Crippen LogP contribution in [0.2, 0.25) is 0 Å². The molecule has 16 rings (SSSR count). The summed E-state index contributed by atoms with van der Waals surface area (Å²) in [6.07, 6.45) is 0. The lowest BCUT2D eigenvalue weighted by Crippen LogP contribution is -2.76. The largest absolute Gasteiger partial charge is 0.310 e. The Hall–Kier alpha value is -7.34. The van der Waals surface area contributed by atoms with Gasteiger partial charge in [-0.05, 0) is 84.7 Å². The van der Waals surface area contributed by atoms with Crippen molar-refractivity contribution in [1.29, 1.82) is 0 Å². The summed E-state index contributed by atoms with van der Waals surface area (Å²) in [5, 5.41) is 14.1. The molecule has 4 aliphatic rings. The van der Waals surface area contributed by atoms with Crippen molar-refractivity contribution >= 4 is 117 Å². The van der Waals surface area contributed by atoms with Crippen LogP contribution in [0.5, 0.6) is 0 Å². The first-order valence-corrected chi connectivity index (χ1v) is 22.8. The number of fused-ring (bicyclic) bond motifs is 18. The second-order valence-electron chi connectivity index (χ2n) is 17.1. The fourth-order valence-electron chi connectivity index (χ4n) is 12.9. The average Bonchev–Trinajstić information content (AvgIpc) is 4.01. The fraction of sp³-hybridized carbons (Fsp3) is 0. The molecule has 0 unspecified atom stereocenters. The number of aromatic nitrogens is 3. The third-order valence-corrected chi connectivity index (χ3v) is 19.7. The second-order valence-corrected chi connectivity index (χ2v) is 20.7. The molecule has 4 aliphatic heterocycles. The Balaban J connectivity index is 1.19. The first-order valence-electron chi connectivity index (χ1n) is 20.8. The van der Waals surface area contributed by atoms with Gasteiger partial charge >= 0.3 is 0 Å². The van der Waals surface area contributed by atoms with Gasteiger partial charge in [0.15, 0.2) is 8.07 Å². The van der Waals surface area contributed by atoms with Gasteiger partial charge in [0, 0.05) is 54.9 Å². The van der Waals surface area contributed by atoms with Crippen LogP contribution >= 0.6 is 0 Å². The molecule has 0 aliphatic carbocycles. The van der Waals surface area contributed by atoms with E-state index >= 15 is 0 Å². The third kappa shape index (κ3) is 3.07. The molecule has 0 saturated heterocycles. The minimum absolute atomic E-state index is 0.0259. The van der Waals surface area contributed by atoms with Gasteiger partial charge in [-0.1, -0.05) is 146 Å². The minimum Gasteiger partial charge on any atom is -0.310 e. The smallest absolute Gasteiger partial charge is 0.253 e. The number of para-hydroxylation sites is 5. The molecule has 0 amide bonds. The van der Waals surface area contributed by atoms with Crippen LogP contribution in [-0.2, 0) is 0 Å². The number of benzene rings is 9. The van der Waals surface area contributed by atoms with Crippen molar-refractivity contribution in [2.75, 3.05) is 0 Å². The molecule has 5 heteroatoms. The van der Waals surface area contributed by atoms with Crippen LogP contribution < -0.4 is 37.1 Å². The highest BCUT2D eigenvalue weighted by Crippen LogP contribution is 2.44. The van der Waals surface area contributed by atoms with Crippen LogP contribution in [0.15, 0.2) is 182 Å². The van der Waals surface area contributed by atoms with Gasteiger partial charge in [0.25, 0.3) is 6.71 Å². The summed E-state index contributed by atoms with van der Waals surface area (Å²) < 4.78 is 7.91. The van der Waals surface area contributed by atoms with Gasteiger partial charge in [-0.3, -0.25) is 0 Å². The van der Waals surface area contributed by atoms with Crippen LogP contribution in [0.25, 0.3) is 93.6 Å². The minimum atomic E-state index is -2.80. The number of nitrogens with zero attached hydrogens (tertiary/aromatic N) is 3. The van der Waals surface area contributed by atoms with E-state index in [1.54, 1.807) is 0 Å². The Labute approximate surface area is 339 Å². The Kier molecular flexibility index (Phi) is 4.98. The molecule has 12 aromatic rings. The summed E-state index contributed by atoms with van der Waals surface area (Å²) in [7, 11) is -2.80. The molecule has 9 aromatic carbocycles. The zero-order chi connectivity index (χ0) is 37.9. The summed E-state index contributed by atoms with van der Waals surface area (Å²) in [6.45, 7) is 0.0259. The Morgan fingerprint density at radius 2 is 1.00 bits per heavy atom. The Morgan fingerprint density at radius 3 is 1.80 bits per heavy atom. The summed E-state index contributed by atoms with van der Waals surface area (Å²) in [4.78, 5) is 0. The number of hydrogen-bond acceptors (Lipinski definition) is 0. The van der Waals surface area contributed by atoms with Gasteiger partial charge < -0.3 is 13.7 Å². The molecular formula is C54H30BN3Si. The van der Waals surface area contributed by atoms with Gasteiger partial charge in [-0.15, -0.1) is 0 Å². The molecule has 0 atom stereocenters. The first kappa shape index (κ1) is 29.8. The summed E-state index contributed by atoms with van der Waals surface area (Å²) >= 11 is 0. The summed E-state index contributed by atoms with van der Waals surface area (Å²) in [5.41, 5.74) is 18.9. The SMILES string of the molecule is c1ccc(-n2c3ccccc3c3c4c5c(cc32)c2ccccc2n5-c2ccc3c5c2B4c2cccc4c6cccc(c6n-5c24)[Si]32c3ccccc3-c3ccccc32)cc1. The lowest BCUT2D eigenvalue weighted by atomic mass is 9.33. The van der Waals surface area contributed by atoms with Crippen molar-refractivity contribution in [3.8, 4) is 28.2 Å². The van der Waals surface area contributed by atoms with Gasteiger partial charge in [-0.2, -0.15) is 0 Å². The predicted octanol–water partition coefficient (Wildman–Crippen LogP) is 7.79. The molecule has 0 radical (unpaired) electrons. The molecule has 59 heavy (non-hydrogen) atoms. The molecule has 268 valence electrons. The molecule has 0 saturated carbocycles. The van der Waals surface area contributed by atoms with E-state index < -0.39 is 8.07 Å². The monoisotopic (exact) mass is 759 g/mol. The van der Waals surface area contributed by atoms with Crippen LogP contribution in [0, 0.1) is 0 Å². The highest BCUT2D eigenvalue weighted by molar-refractivity contribution is 7.24. The molecule has 0 bridgehead atoms. The molecule has 7 heterocycles. The highest BCUT2D eigenvalue weighted by Gasteiger charge is 2.56. The van der Waals surface area contributed by atoms with Crippen molar-refractivity contribution in [3.05, 3.63) is 182 Å². The van der Waals surface area contributed by atoms with E-state index in [2.05, 4.69) is 196 Å². The molecule has 0 fully saturated rings. The van der Waals surface area contributed by atoms with E-state index in [9.17, 15) is 0 Å². The molecule has 3 nitrogen and oxygen atoms in total. The van der Waals surface area contributed by atoms with Gasteiger partial charge in [0.1, 0.15) is 0 Å². The third-order valence-electron chi connectivity index (χ3n) is 14.8. The van der Waals surface area contributed by atoms with Crippen LogP contribution in [0.1, 0.15) is 0 Å². The van der Waals surface area contributed by atoms with E-state index in [0.29, 0.717) is 0 Å². The normalized spacial score (nSPS) is 14.5. The summed E-state index contributed by atoms with van der Waals surface area (Å²) in [5.74, 6) is 0. The van der Waals surface area contributed by atoms with Crippen molar-refractivity contribution in [2.45, 2.75) is 0 Å². The van der Waals surface area contributed by atoms with Gasteiger partial charge in [0.05, 0.1) is 27.6 Å². The maximum atomic E-state index is 2.74. The summed E-state index contributed by atoms with van der Waals surface area (Å²) in [6, 6.07) is 70.0. The lowest BCUT2D eigenvalue weighted by molar-refractivity contribution is 1.15. The Bertz CT molecular complexity index is 3930. The van der Waals surface area contributed by atoms with E-state index in [4.69, 9.17) is 0 Å². The van der Waals surface area contributed by atoms with Crippen LogP contribution in [-0.4, -0.2) is 28.5 Å². The zero-order valence-electron chi connectivity index (χ0n) is 31.7. The first-order chi connectivity index (χ1) is 29.3. The zero-order valence-corrected chi connectivity index (χ0v) is 32.7. The fourth-order valence-corrected chi connectivity index (χ4v) is 18.5.